The van der Waals surface area contributed by atoms with E-state index in [1.807, 2.05) is 140 Å². The zero-order valence-electron chi connectivity index (χ0n) is 28.1. The summed E-state index contributed by atoms with van der Waals surface area (Å²) in [5.74, 6) is -1.96. The van der Waals surface area contributed by atoms with Crippen molar-refractivity contribution in [1.82, 2.24) is 0 Å². The van der Waals surface area contributed by atoms with Gasteiger partial charge in [-0.25, -0.2) is 0 Å². The van der Waals surface area contributed by atoms with Crippen LogP contribution in [0.3, 0.4) is 0 Å². The maximum atomic E-state index is 13.0. The molecule has 0 bridgehead atoms. The van der Waals surface area contributed by atoms with Gasteiger partial charge in [0.2, 0.25) is 5.79 Å². The van der Waals surface area contributed by atoms with Crippen molar-refractivity contribution in [2.24, 2.45) is 0 Å². The first-order valence-electron chi connectivity index (χ1n) is 16.8. The van der Waals surface area contributed by atoms with Crippen LogP contribution in [0.25, 0.3) is 0 Å². The van der Waals surface area contributed by atoms with Gasteiger partial charge in [0.05, 0.1) is 39.6 Å². The Hall–Kier alpha value is -3.70. The van der Waals surface area contributed by atoms with Crippen LogP contribution < -0.4 is 0 Å². The predicted octanol–water partition coefficient (Wildman–Crippen LogP) is 8.11. The Bertz CT molecular complexity index is 1730. The second-order valence-corrected chi connectivity index (χ2v) is 13.3. The van der Waals surface area contributed by atoms with Gasteiger partial charge in [0.1, 0.15) is 24.4 Å². The maximum Gasteiger partial charge on any atom is 0.222 e. The van der Waals surface area contributed by atoms with E-state index in [2.05, 4.69) is 15.9 Å². The van der Waals surface area contributed by atoms with Crippen LogP contribution in [0.1, 0.15) is 33.4 Å². The molecular formula is C42H43BrO7. The molecule has 1 saturated heterocycles. The smallest absolute Gasteiger partial charge is 0.222 e. The van der Waals surface area contributed by atoms with Crippen molar-refractivity contribution in [3.8, 4) is 0 Å². The second kappa shape index (κ2) is 18.0. The molecule has 50 heavy (non-hydrogen) atoms. The number of hydrogen-bond donors (Lipinski definition) is 1. The lowest BCUT2D eigenvalue weighted by molar-refractivity contribution is -0.378. The number of ether oxygens (including phenoxy) is 6. The predicted molar refractivity (Wildman–Crippen MR) is 195 cm³/mol. The molecule has 6 rings (SSSR count). The second-order valence-electron chi connectivity index (χ2n) is 12.4. The van der Waals surface area contributed by atoms with Gasteiger partial charge in [-0.05, 0) is 46.0 Å². The van der Waals surface area contributed by atoms with Crippen molar-refractivity contribution in [2.75, 3.05) is 13.7 Å². The van der Waals surface area contributed by atoms with Gasteiger partial charge in [-0.15, -0.1) is 0 Å². The summed E-state index contributed by atoms with van der Waals surface area (Å²) in [7, 11) is 1.64. The van der Waals surface area contributed by atoms with E-state index < -0.39 is 30.2 Å². The van der Waals surface area contributed by atoms with Crippen molar-refractivity contribution in [1.29, 1.82) is 0 Å². The molecule has 0 spiro atoms. The van der Waals surface area contributed by atoms with Gasteiger partial charge < -0.3 is 33.5 Å². The molecule has 5 atom stereocenters. The Morgan fingerprint density at radius 3 is 1.58 bits per heavy atom. The molecule has 0 aliphatic carbocycles. The lowest BCUT2D eigenvalue weighted by Crippen LogP contribution is -2.65. The van der Waals surface area contributed by atoms with E-state index in [1.165, 1.54) is 0 Å². The van der Waals surface area contributed by atoms with Gasteiger partial charge in [0, 0.05) is 17.1 Å². The van der Waals surface area contributed by atoms with E-state index in [4.69, 9.17) is 28.4 Å². The third kappa shape index (κ3) is 9.54. The van der Waals surface area contributed by atoms with Gasteiger partial charge >= 0.3 is 0 Å². The third-order valence-corrected chi connectivity index (χ3v) is 9.08. The summed E-state index contributed by atoms with van der Waals surface area (Å²) in [6.07, 6.45) is -3.21. The first-order valence-corrected chi connectivity index (χ1v) is 17.6. The molecule has 5 aromatic carbocycles. The monoisotopic (exact) mass is 738 g/mol. The molecule has 7 nitrogen and oxygen atoms in total. The van der Waals surface area contributed by atoms with Crippen LogP contribution in [-0.4, -0.2) is 43.2 Å². The first-order chi connectivity index (χ1) is 24.5. The minimum atomic E-state index is -1.96. The van der Waals surface area contributed by atoms with Crippen molar-refractivity contribution in [3.63, 3.8) is 0 Å². The number of methoxy groups -OCH3 is 1. The van der Waals surface area contributed by atoms with Crippen molar-refractivity contribution < 1.29 is 33.5 Å². The van der Waals surface area contributed by atoms with E-state index in [9.17, 15) is 5.11 Å². The maximum absolute atomic E-state index is 13.0. The molecule has 260 valence electrons. The highest BCUT2D eigenvalue weighted by Crippen LogP contribution is 2.42. The highest BCUT2D eigenvalue weighted by atomic mass is 79.9. The number of halogens is 1. The van der Waals surface area contributed by atoms with Gasteiger partial charge in [0.15, 0.2) is 0 Å². The van der Waals surface area contributed by atoms with Crippen molar-refractivity contribution >= 4 is 15.9 Å². The van der Waals surface area contributed by atoms with Crippen LogP contribution in [0.5, 0.6) is 0 Å². The third-order valence-electron chi connectivity index (χ3n) is 8.62. The molecule has 0 radical (unpaired) electrons. The van der Waals surface area contributed by atoms with Crippen LogP contribution in [0.2, 0.25) is 0 Å². The molecule has 1 aliphatic rings. The van der Waals surface area contributed by atoms with E-state index in [0.29, 0.717) is 25.4 Å². The number of rotatable bonds is 16. The first kappa shape index (κ1) is 36.1. The van der Waals surface area contributed by atoms with Gasteiger partial charge in [-0.3, -0.25) is 0 Å². The summed E-state index contributed by atoms with van der Waals surface area (Å²) < 4.78 is 39.6. The highest BCUT2D eigenvalue weighted by Gasteiger charge is 2.57. The Morgan fingerprint density at radius 1 is 0.580 bits per heavy atom. The minimum Gasteiger partial charge on any atom is -0.380 e. The van der Waals surface area contributed by atoms with E-state index >= 15 is 0 Å². The van der Waals surface area contributed by atoms with Gasteiger partial charge in [0.25, 0.3) is 0 Å². The fourth-order valence-corrected chi connectivity index (χ4v) is 6.73. The zero-order valence-corrected chi connectivity index (χ0v) is 29.7. The van der Waals surface area contributed by atoms with Crippen LogP contribution in [0.4, 0.5) is 0 Å². The molecular weight excluding hydrogens is 696 g/mol. The Balaban J connectivity index is 1.41. The fraction of sp³-hybridized carbons (Fsp3) is 0.286. The average molecular weight is 740 g/mol. The van der Waals surface area contributed by atoms with E-state index in [-0.39, 0.29) is 19.8 Å². The normalized spacial score (nSPS) is 22.0. The molecule has 8 heteroatoms. The highest BCUT2D eigenvalue weighted by molar-refractivity contribution is 9.10. The van der Waals surface area contributed by atoms with E-state index in [1.54, 1.807) is 7.11 Å². The Morgan fingerprint density at radius 2 is 1.06 bits per heavy atom. The SMILES string of the molecule is COCc1cc(Br)cc(C2(O)O[C@H](COCc3ccccc3)[C@@H](OCc3ccccc3)[C@H](OCc3ccccc3)[C@H]2OCc2ccccc2)c1. The minimum absolute atomic E-state index is 0.131. The lowest BCUT2D eigenvalue weighted by atomic mass is 9.87. The Kier molecular flexibility index (Phi) is 13.0. The fourth-order valence-electron chi connectivity index (χ4n) is 6.19. The summed E-state index contributed by atoms with van der Waals surface area (Å²) in [5, 5.41) is 13.0. The summed E-state index contributed by atoms with van der Waals surface area (Å²) in [5.41, 5.74) is 5.31. The summed E-state index contributed by atoms with van der Waals surface area (Å²) in [6.45, 7) is 1.62. The molecule has 0 aromatic heterocycles. The Labute approximate surface area is 302 Å². The van der Waals surface area contributed by atoms with Crippen LogP contribution in [0, 0.1) is 0 Å². The summed E-state index contributed by atoms with van der Waals surface area (Å²) >= 11 is 3.65. The molecule has 1 unspecified atom stereocenters. The number of benzene rings is 5. The van der Waals surface area contributed by atoms with Crippen LogP contribution >= 0.6 is 15.9 Å². The topological polar surface area (TPSA) is 75.6 Å². The van der Waals surface area contributed by atoms with Crippen LogP contribution in [0.15, 0.2) is 144 Å². The van der Waals surface area contributed by atoms with Crippen molar-refractivity contribution in [3.05, 3.63) is 177 Å². The van der Waals surface area contributed by atoms with E-state index in [0.717, 1.165) is 32.3 Å². The molecule has 1 heterocycles. The molecule has 1 aliphatic heterocycles. The lowest BCUT2D eigenvalue weighted by Gasteiger charge is -2.50. The largest absolute Gasteiger partial charge is 0.380 e. The zero-order chi connectivity index (χ0) is 34.6. The quantitative estimate of drug-likeness (QED) is 0.110. The summed E-state index contributed by atoms with van der Waals surface area (Å²) in [4.78, 5) is 0. The summed E-state index contributed by atoms with van der Waals surface area (Å²) in [6, 6.07) is 45.4. The average Bonchev–Trinajstić information content (AvgIpc) is 3.15. The van der Waals surface area contributed by atoms with Crippen molar-refractivity contribution in [2.45, 2.75) is 63.2 Å². The molecule has 0 amide bonds. The molecule has 5 aromatic rings. The molecule has 1 fully saturated rings. The number of hydrogen-bond acceptors (Lipinski definition) is 7. The number of aliphatic hydroxyl groups is 1. The molecule has 1 N–H and O–H groups in total. The standard InChI is InChI=1S/C42H43BrO7/c1-45-25-35-22-36(24-37(43)23-35)42(44)41(49-29-34-20-12-5-13-21-34)40(48-28-33-18-10-4-11-19-33)39(47-27-32-16-8-3-9-17-32)38(50-42)30-46-26-31-14-6-2-7-15-31/h2-24,38-41,44H,25-30H2,1H3/t38-,39-,40+,41-,42?/m1/s1. The van der Waals surface area contributed by atoms with Crippen LogP contribution in [-0.2, 0) is 67.2 Å². The van der Waals surface area contributed by atoms with Gasteiger partial charge in [-0.1, -0.05) is 137 Å². The van der Waals surface area contributed by atoms with Gasteiger partial charge in [-0.2, -0.15) is 0 Å². The molecule has 0 saturated carbocycles.